The van der Waals surface area contributed by atoms with Crippen molar-refractivity contribution in [2.24, 2.45) is 5.92 Å². The average Bonchev–Trinajstić information content (AvgIpc) is 3.83. The maximum atomic E-state index is 17.2. The molecule has 9 rings (SSSR count). The van der Waals surface area contributed by atoms with Gasteiger partial charge in [0.25, 0.3) is 0 Å². The first-order valence-corrected chi connectivity index (χ1v) is 15.9. The molecule has 0 spiro atoms. The Bertz CT molecular complexity index is 2030. The van der Waals surface area contributed by atoms with E-state index in [-0.39, 0.29) is 53.0 Å². The molecule has 0 radical (unpaired) electrons. The van der Waals surface area contributed by atoms with Crippen molar-refractivity contribution in [2.75, 3.05) is 20.1 Å². The van der Waals surface area contributed by atoms with Crippen LogP contribution in [0.3, 0.4) is 0 Å². The molecular formula is C35H35F3N6O. The molecule has 10 heteroatoms. The molecule has 45 heavy (non-hydrogen) atoms. The molecule has 3 aliphatic heterocycles. The SMILES string of the molecule is Cc1cc2c(O[C@@H](C)C3CCCN3C)nc3c(F)c(-c4c[nH]c5c(F)cc(F)cc45)c(CCC#N)cc3c2n1[C@H]1[C@H]2CN[C@@H]1C2. The molecule has 1 aliphatic carbocycles. The van der Waals surface area contributed by atoms with E-state index in [0.717, 1.165) is 55.0 Å². The van der Waals surface area contributed by atoms with Crippen LogP contribution in [0.25, 0.3) is 43.8 Å². The number of nitriles is 1. The minimum Gasteiger partial charge on any atom is -0.472 e. The summed E-state index contributed by atoms with van der Waals surface area (Å²) >= 11 is 0. The summed E-state index contributed by atoms with van der Waals surface area (Å²) in [6.45, 7) is 6.08. The third-order valence-corrected chi connectivity index (χ3v) is 10.5. The number of aromatic nitrogens is 3. The van der Waals surface area contributed by atoms with Crippen molar-refractivity contribution in [3.8, 4) is 23.1 Å². The third kappa shape index (κ3) is 4.27. The van der Waals surface area contributed by atoms with Crippen LogP contribution in [0, 0.1) is 41.6 Å². The first-order valence-electron chi connectivity index (χ1n) is 15.9. The van der Waals surface area contributed by atoms with Gasteiger partial charge in [-0.1, -0.05) is 0 Å². The summed E-state index contributed by atoms with van der Waals surface area (Å²) in [5.74, 6) is -1.23. The number of benzene rings is 2. The smallest absolute Gasteiger partial charge is 0.223 e. The highest BCUT2D eigenvalue weighted by atomic mass is 19.1. The number of ether oxygens (including phenoxy) is 1. The van der Waals surface area contributed by atoms with Crippen LogP contribution >= 0.6 is 0 Å². The quantitative estimate of drug-likeness (QED) is 0.209. The van der Waals surface area contributed by atoms with Crippen LogP contribution < -0.4 is 10.1 Å². The molecule has 2 N–H and O–H groups in total. The van der Waals surface area contributed by atoms with Crippen molar-refractivity contribution >= 4 is 32.7 Å². The van der Waals surface area contributed by atoms with Crippen molar-refractivity contribution in [1.82, 2.24) is 24.8 Å². The maximum absolute atomic E-state index is 17.2. The molecular weight excluding hydrogens is 577 g/mol. The molecule has 3 saturated heterocycles. The van der Waals surface area contributed by atoms with E-state index >= 15 is 4.39 Å². The molecule has 3 aromatic heterocycles. The normalized spacial score (nSPS) is 23.7. The average molecular weight is 613 g/mol. The Morgan fingerprint density at radius 1 is 1.16 bits per heavy atom. The van der Waals surface area contributed by atoms with Gasteiger partial charge in [0.1, 0.15) is 23.3 Å². The van der Waals surface area contributed by atoms with Crippen LogP contribution in [0.1, 0.15) is 49.9 Å². The van der Waals surface area contributed by atoms with E-state index in [2.05, 4.69) is 45.9 Å². The van der Waals surface area contributed by atoms with Crippen LogP contribution in [0.15, 0.2) is 30.5 Å². The molecule has 232 valence electrons. The summed E-state index contributed by atoms with van der Waals surface area (Å²) in [7, 11) is 2.10. The number of nitrogens with zero attached hydrogens (tertiary/aromatic N) is 4. The molecule has 2 aromatic carbocycles. The van der Waals surface area contributed by atoms with Crippen molar-refractivity contribution in [2.45, 2.75) is 70.2 Å². The standard InChI is InChI=1S/C35H35F3N6O/c1-17-10-24-34(44(17)33-20-12-27(33)40-15-20)23-11-19(6-4-8-39)29(25-16-41-31-22(25)13-21(36)14-26(31)37)30(38)32(23)42-35(24)45-18(2)28-7-5-9-43(28)3/h10-11,13-14,16,18,20,27-28,33,40-41H,4-7,9,12,15H2,1-3H3/t18-,20+,27+,28?,33-/m0/s1. The van der Waals surface area contributed by atoms with Gasteiger partial charge < -0.3 is 19.6 Å². The molecule has 6 heterocycles. The van der Waals surface area contributed by atoms with Gasteiger partial charge in [0.05, 0.1) is 28.5 Å². The predicted molar refractivity (Wildman–Crippen MR) is 168 cm³/mol. The van der Waals surface area contributed by atoms with Crippen molar-refractivity contribution in [3.63, 3.8) is 0 Å². The summed E-state index contributed by atoms with van der Waals surface area (Å²) in [4.78, 5) is 10.1. The lowest BCUT2D eigenvalue weighted by atomic mass is 9.79. The highest BCUT2D eigenvalue weighted by Crippen LogP contribution is 2.49. The number of aryl methyl sites for hydroxylation is 2. The Kier molecular flexibility index (Phi) is 6.63. The highest BCUT2D eigenvalue weighted by molar-refractivity contribution is 6.09. The summed E-state index contributed by atoms with van der Waals surface area (Å²) in [5, 5.41) is 14.8. The second-order valence-electron chi connectivity index (χ2n) is 13.1. The van der Waals surface area contributed by atoms with Gasteiger partial charge in [0.15, 0.2) is 5.82 Å². The van der Waals surface area contributed by atoms with Gasteiger partial charge in [-0.05, 0) is 82.8 Å². The number of halogens is 3. The number of fused-ring (bicyclic) bond motifs is 5. The number of pyridine rings is 1. The third-order valence-electron chi connectivity index (χ3n) is 10.5. The van der Waals surface area contributed by atoms with E-state index in [1.165, 1.54) is 12.3 Å². The Morgan fingerprint density at radius 3 is 2.71 bits per heavy atom. The summed E-state index contributed by atoms with van der Waals surface area (Å²) in [6.07, 6.45) is 4.98. The van der Waals surface area contributed by atoms with Gasteiger partial charge in [-0.25, -0.2) is 18.2 Å². The largest absolute Gasteiger partial charge is 0.472 e. The lowest BCUT2D eigenvalue weighted by Gasteiger charge is -2.37. The van der Waals surface area contributed by atoms with Crippen molar-refractivity contribution in [3.05, 3.63) is 59.2 Å². The number of nitrogens with one attached hydrogen (secondary N) is 2. The van der Waals surface area contributed by atoms with Gasteiger partial charge in [0, 0.05) is 64.9 Å². The zero-order valence-electron chi connectivity index (χ0n) is 25.6. The number of hydrogen-bond acceptors (Lipinski definition) is 5. The van der Waals surface area contributed by atoms with E-state index in [0.29, 0.717) is 34.4 Å². The molecule has 2 bridgehead atoms. The van der Waals surface area contributed by atoms with E-state index in [4.69, 9.17) is 9.72 Å². The molecule has 5 atom stereocenters. The van der Waals surface area contributed by atoms with Gasteiger partial charge in [-0.15, -0.1) is 0 Å². The van der Waals surface area contributed by atoms with E-state index in [1.807, 2.05) is 13.0 Å². The fourth-order valence-electron chi connectivity index (χ4n) is 8.37. The monoisotopic (exact) mass is 612 g/mol. The van der Waals surface area contributed by atoms with Gasteiger partial charge in [0.2, 0.25) is 5.88 Å². The lowest BCUT2D eigenvalue weighted by Crippen LogP contribution is -2.39. The van der Waals surface area contributed by atoms with E-state index in [1.54, 1.807) is 0 Å². The van der Waals surface area contributed by atoms with Crippen molar-refractivity contribution in [1.29, 1.82) is 5.26 Å². The molecule has 7 nitrogen and oxygen atoms in total. The topological polar surface area (TPSA) is 81.9 Å². The van der Waals surface area contributed by atoms with Crippen LogP contribution in [-0.4, -0.2) is 57.8 Å². The highest BCUT2D eigenvalue weighted by Gasteiger charge is 2.48. The minimum absolute atomic E-state index is 0.0940. The van der Waals surface area contributed by atoms with Gasteiger partial charge >= 0.3 is 0 Å². The molecule has 4 fully saturated rings. The zero-order valence-corrected chi connectivity index (χ0v) is 25.6. The van der Waals surface area contributed by atoms with E-state index in [9.17, 15) is 14.0 Å². The zero-order chi connectivity index (χ0) is 31.1. The first-order chi connectivity index (χ1) is 21.7. The Labute approximate surface area is 259 Å². The number of aromatic amines is 1. The second kappa shape index (κ2) is 10.5. The van der Waals surface area contributed by atoms with Gasteiger partial charge in [-0.3, -0.25) is 4.90 Å². The molecule has 5 aromatic rings. The molecule has 1 saturated carbocycles. The van der Waals surface area contributed by atoms with Crippen molar-refractivity contribution < 1.29 is 17.9 Å². The summed E-state index contributed by atoms with van der Waals surface area (Å²) < 4.78 is 55.4. The van der Waals surface area contributed by atoms with Crippen LogP contribution in [0.2, 0.25) is 0 Å². The molecule has 4 aliphatic rings. The van der Waals surface area contributed by atoms with E-state index < -0.39 is 17.5 Å². The second-order valence-corrected chi connectivity index (χ2v) is 13.1. The molecule has 1 unspecified atom stereocenters. The maximum Gasteiger partial charge on any atom is 0.223 e. The molecule has 0 amide bonds. The Balaban J connectivity index is 1.41. The van der Waals surface area contributed by atoms with Crippen LogP contribution in [0.4, 0.5) is 13.2 Å². The lowest BCUT2D eigenvalue weighted by molar-refractivity contribution is 0.119. The Morgan fingerprint density at radius 2 is 2.00 bits per heavy atom. The number of likely N-dealkylation sites (tertiary alicyclic amines) is 1. The number of H-pyrrole nitrogens is 1. The predicted octanol–water partition coefficient (Wildman–Crippen LogP) is 6.91. The number of hydrogen-bond donors (Lipinski definition) is 2. The van der Waals surface area contributed by atoms with Crippen LogP contribution in [0.5, 0.6) is 5.88 Å². The van der Waals surface area contributed by atoms with Crippen LogP contribution in [-0.2, 0) is 6.42 Å². The summed E-state index contributed by atoms with van der Waals surface area (Å²) in [5.41, 5.74) is 3.28. The van der Waals surface area contributed by atoms with Gasteiger partial charge in [-0.2, -0.15) is 5.26 Å². The summed E-state index contributed by atoms with van der Waals surface area (Å²) in [6, 6.07) is 9.03. The number of rotatable bonds is 7. The first kappa shape index (κ1) is 28.4. The fourth-order valence-corrected chi connectivity index (χ4v) is 8.37. The minimum atomic E-state index is -0.755. The Hall–Kier alpha value is -4.07. The number of likely N-dealkylation sites (N-methyl/N-ethyl adjacent to an activating group) is 1. The fraction of sp³-hybridized carbons (Fsp3) is 0.429.